The third-order valence-electron chi connectivity index (χ3n) is 6.03. The zero-order chi connectivity index (χ0) is 22.2. The van der Waals surface area contributed by atoms with Crippen LogP contribution in [0.2, 0.25) is 0 Å². The van der Waals surface area contributed by atoms with Crippen molar-refractivity contribution in [2.75, 3.05) is 32.0 Å². The Morgan fingerprint density at radius 2 is 2.03 bits per heavy atom. The van der Waals surface area contributed by atoms with Crippen molar-refractivity contribution in [3.63, 3.8) is 0 Å². The molecule has 2 heterocycles. The van der Waals surface area contributed by atoms with Gasteiger partial charge in [0.25, 0.3) is 5.91 Å². The van der Waals surface area contributed by atoms with E-state index in [9.17, 15) is 23.5 Å². The van der Waals surface area contributed by atoms with Gasteiger partial charge in [-0.05, 0) is 23.6 Å². The summed E-state index contributed by atoms with van der Waals surface area (Å²) in [6, 6.07) is 13.6. The molecule has 2 aliphatic rings. The Morgan fingerprint density at radius 1 is 1.29 bits per heavy atom. The number of hydrogen-bond acceptors (Lipinski definition) is 4. The quantitative estimate of drug-likeness (QED) is 0.740. The minimum atomic E-state index is -3.55. The van der Waals surface area contributed by atoms with Crippen LogP contribution < -0.4 is 5.32 Å². The van der Waals surface area contributed by atoms with Crippen molar-refractivity contribution in [3.05, 3.63) is 65.2 Å². The fraction of sp³-hybridized carbons (Fsp3) is 0.391. The predicted molar refractivity (Wildman–Crippen MR) is 112 cm³/mol. The molecule has 31 heavy (non-hydrogen) atoms. The number of carbonyl (C=O) groups is 2. The van der Waals surface area contributed by atoms with Gasteiger partial charge in [-0.15, -0.1) is 0 Å². The number of carbonyl (C=O) groups excluding carboxylic acids is 2. The second-order valence-electron chi connectivity index (χ2n) is 8.22. The number of anilines is 1. The molecule has 0 unspecified atom stereocenters. The highest BCUT2D eigenvalue weighted by Gasteiger charge is 2.48. The van der Waals surface area contributed by atoms with Gasteiger partial charge in [-0.1, -0.05) is 42.5 Å². The van der Waals surface area contributed by atoms with Gasteiger partial charge in [0.15, 0.2) is 0 Å². The van der Waals surface area contributed by atoms with Gasteiger partial charge in [-0.2, -0.15) is 8.78 Å². The number of fused-ring (bicyclic) bond motifs is 1. The molecule has 2 aliphatic heterocycles. The van der Waals surface area contributed by atoms with Crippen LogP contribution >= 0.6 is 0 Å². The van der Waals surface area contributed by atoms with Crippen LogP contribution in [0, 0.1) is 0 Å². The molecule has 1 fully saturated rings. The highest BCUT2D eigenvalue weighted by molar-refractivity contribution is 6.04. The molecule has 2 aromatic rings. The molecule has 8 heteroatoms. The summed E-state index contributed by atoms with van der Waals surface area (Å²) in [6.07, 6.45) is 0.388. The lowest BCUT2D eigenvalue weighted by Crippen LogP contribution is -2.39. The van der Waals surface area contributed by atoms with Crippen LogP contribution in [0.5, 0.6) is 0 Å². The van der Waals surface area contributed by atoms with Crippen molar-refractivity contribution >= 4 is 17.5 Å². The van der Waals surface area contributed by atoms with E-state index in [0.29, 0.717) is 25.1 Å². The lowest BCUT2D eigenvalue weighted by molar-refractivity contribution is -0.139. The van der Waals surface area contributed by atoms with Gasteiger partial charge in [0.2, 0.25) is 5.91 Å². The minimum absolute atomic E-state index is 0.0250. The topological polar surface area (TPSA) is 72.9 Å². The smallest absolute Gasteiger partial charge is 0.352 e. The average molecular weight is 429 g/mol. The Balaban J connectivity index is 1.51. The molecule has 0 spiro atoms. The summed E-state index contributed by atoms with van der Waals surface area (Å²) in [5, 5.41) is 12.0. The van der Waals surface area contributed by atoms with Crippen molar-refractivity contribution < 1.29 is 23.5 Å². The Kier molecular flexibility index (Phi) is 5.77. The number of halogens is 2. The first kappa shape index (κ1) is 21.4. The maximum Gasteiger partial charge on any atom is 0.352 e. The van der Waals surface area contributed by atoms with Crippen LogP contribution in [0.4, 0.5) is 14.5 Å². The maximum absolute atomic E-state index is 13.9. The number of aliphatic hydroxyl groups is 1. The fourth-order valence-electron chi connectivity index (χ4n) is 4.22. The van der Waals surface area contributed by atoms with E-state index in [1.165, 1.54) is 18.2 Å². The number of nitrogens with one attached hydrogen (secondary N) is 1. The van der Waals surface area contributed by atoms with Crippen molar-refractivity contribution in [2.24, 2.45) is 0 Å². The van der Waals surface area contributed by atoms with Crippen LogP contribution in [0.1, 0.15) is 29.2 Å². The number of benzene rings is 2. The number of hydrogen-bond donors (Lipinski definition) is 2. The van der Waals surface area contributed by atoms with E-state index in [1.807, 2.05) is 30.3 Å². The Labute approximate surface area is 179 Å². The highest BCUT2D eigenvalue weighted by Crippen LogP contribution is 2.40. The molecular weight excluding hydrogens is 404 g/mol. The summed E-state index contributed by atoms with van der Waals surface area (Å²) in [7, 11) is 1.73. The fourth-order valence-corrected chi connectivity index (χ4v) is 4.22. The van der Waals surface area contributed by atoms with Crippen molar-refractivity contribution in [3.8, 4) is 0 Å². The number of β-amino-alcohol motifs (C(OH)–C–C–N with tert-alkyl or cyclic N) is 1. The van der Waals surface area contributed by atoms with E-state index in [4.69, 9.17) is 0 Å². The maximum atomic E-state index is 13.9. The highest BCUT2D eigenvalue weighted by atomic mass is 19.3. The molecule has 6 nitrogen and oxygen atoms in total. The number of aliphatic hydroxyl groups excluding tert-OH is 1. The first-order chi connectivity index (χ1) is 14.8. The lowest BCUT2D eigenvalue weighted by Gasteiger charge is -2.32. The van der Waals surface area contributed by atoms with E-state index in [2.05, 4.69) is 10.2 Å². The number of amides is 2. The molecule has 0 radical (unpaired) electrons. The van der Waals surface area contributed by atoms with Gasteiger partial charge in [0, 0.05) is 26.7 Å². The second kappa shape index (κ2) is 8.36. The van der Waals surface area contributed by atoms with Crippen LogP contribution in [-0.2, 0) is 21.9 Å². The number of likely N-dealkylation sites (N-methyl/N-ethyl adjacent to an activating group) is 1. The largest absolute Gasteiger partial charge is 0.392 e. The molecule has 1 saturated heterocycles. The van der Waals surface area contributed by atoms with Crippen LogP contribution in [0.25, 0.3) is 0 Å². The summed E-state index contributed by atoms with van der Waals surface area (Å²) in [5.41, 5.74) is 1.23. The minimum Gasteiger partial charge on any atom is -0.392 e. The van der Waals surface area contributed by atoms with E-state index >= 15 is 0 Å². The molecule has 0 bridgehead atoms. The Hall–Kier alpha value is -2.84. The molecule has 4 rings (SSSR count). The van der Waals surface area contributed by atoms with Crippen molar-refractivity contribution in [1.82, 2.24) is 9.80 Å². The third kappa shape index (κ3) is 4.31. The van der Waals surface area contributed by atoms with Crippen LogP contribution in [0.3, 0.4) is 0 Å². The first-order valence-corrected chi connectivity index (χ1v) is 10.3. The standard InChI is InChI=1S/C23H25F2N3O3/c1-27(20(16-5-3-2-4-6-16)14-28-10-9-17(29)13-28)21(30)12-15-7-8-18-19(11-15)26-22(31)23(18,24)25/h2-8,11,17,20,29H,9-10,12-14H2,1H3,(H,26,31)/t17-,20+/m0/s1. The average Bonchev–Trinajstić information content (AvgIpc) is 3.25. The predicted octanol–water partition coefficient (Wildman–Crippen LogP) is 2.54. The van der Waals surface area contributed by atoms with Crippen molar-refractivity contribution in [2.45, 2.75) is 30.9 Å². The number of likely N-dealkylation sites (tertiary alicyclic amines) is 1. The molecule has 2 aromatic carbocycles. The Bertz CT molecular complexity index is 983. The van der Waals surface area contributed by atoms with Gasteiger partial charge in [0.05, 0.1) is 29.8 Å². The molecule has 2 amide bonds. The van der Waals surface area contributed by atoms with E-state index in [-0.39, 0.29) is 35.7 Å². The molecule has 164 valence electrons. The normalized spacial score (nSPS) is 20.9. The zero-order valence-electron chi connectivity index (χ0n) is 17.2. The van der Waals surface area contributed by atoms with Gasteiger partial charge in [0.1, 0.15) is 0 Å². The number of nitrogens with zero attached hydrogens (tertiary/aromatic N) is 2. The van der Waals surface area contributed by atoms with Gasteiger partial charge in [-0.3, -0.25) is 14.5 Å². The number of alkyl halides is 2. The van der Waals surface area contributed by atoms with Gasteiger partial charge in [-0.25, -0.2) is 0 Å². The van der Waals surface area contributed by atoms with Crippen LogP contribution in [-0.4, -0.2) is 59.5 Å². The SMILES string of the molecule is CN(C(=O)Cc1ccc2c(c1)NC(=O)C2(F)F)[C@H](CN1CC[C@H](O)C1)c1ccccc1. The van der Waals surface area contributed by atoms with Crippen molar-refractivity contribution in [1.29, 1.82) is 0 Å². The van der Waals surface area contributed by atoms with E-state index in [1.54, 1.807) is 11.9 Å². The molecular formula is C23H25F2N3O3. The number of rotatable bonds is 6. The first-order valence-electron chi connectivity index (χ1n) is 10.3. The third-order valence-corrected chi connectivity index (χ3v) is 6.03. The molecule has 0 saturated carbocycles. The van der Waals surface area contributed by atoms with E-state index < -0.39 is 11.8 Å². The monoisotopic (exact) mass is 429 g/mol. The Morgan fingerprint density at radius 3 is 2.71 bits per heavy atom. The summed E-state index contributed by atoms with van der Waals surface area (Å²) < 4.78 is 27.7. The second-order valence-corrected chi connectivity index (χ2v) is 8.22. The molecule has 0 aliphatic carbocycles. The summed E-state index contributed by atoms with van der Waals surface area (Å²) in [6.45, 7) is 1.94. The summed E-state index contributed by atoms with van der Waals surface area (Å²) in [4.78, 5) is 28.4. The summed E-state index contributed by atoms with van der Waals surface area (Å²) >= 11 is 0. The van der Waals surface area contributed by atoms with Crippen LogP contribution in [0.15, 0.2) is 48.5 Å². The van der Waals surface area contributed by atoms with Gasteiger partial charge >= 0.3 is 5.92 Å². The molecule has 2 atom stereocenters. The lowest BCUT2D eigenvalue weighted by atomic mass is 10.0. The molecule has 2 N–H and O–H groups in total. The van der Waals surface area contributed by atoms with Gasteiger partial charge < -0.3 is 15.3 Å². The summed E-state index contributed by atoms with van der Waals surface area (Å²) in [5.74, 6) is -5.06. The zero-order valence-corrected chi connectivity index (χ0v) is 17.2. The van der Waals surface area contributed by atoms with E-state index in [0.717, 1.165) is 12.1 Å². The molecule has 0 aromatic heterocycles.